The van der Waals surface area contributed by atoms with Crippen LogP contribution >= 0.6 is 23.2 Å². The average molecular weight is 321 g/mol. The Balaban J connectivity index is 2.47. The van der Waals surface area contributed by atoms with Crippen LogP contribution in [0, 0.1) is 0 Å². The van der Waals surface area contributed by atoms with Crippen molar-refractivity contribution in [2.75, 3.05) is 13.2 Å². The van der Waals surface area contributed by atoms with Crippen molar-refractivity contribution in [1.29, 1.82) is 0 Å². The van der Waals surface area contributed by atoms with E-state index in [0.717, 1.165) is 12.8 Å². The molecule has 0 radical (unpaired) electrons. The molecule has 0 aliphatic heterocycles. The average Bonchev–Trinajstić information content (AvgIpc) is 2.41. The van der Waals surface area contributed by atoms with Gasteiger partial charge >= 0.3 is 5.97 Å². The summed E-state index contributed by atoms with van der Waals surface area (Å²) >= 11 is 12.0. The topological polar surface area (TPSA) is 66.8 Å². The molecule has 0 heterocycles. The fourth-order valence-corrected chi connectivity index (χ4v) is 2.22. The van der Waals surface area contributed by atoms with Gasteiger partial charge in [-0.05, 0) is 31.4 Å². The molecule has 0 aliphatic rings. The molecule has 0 amide bonds. The molecule has 0 fully saturated rings. The van der Waals surface area contributed by atoms with Gasteiger partial charge in [-0.1, -0.05) is 23.2 Å². The van der Waals surface area contributed by atoms with Crippen LogP contribution in [-0.4, -0.2) is 29.4 Å². The summed E-state index contributed by atoms with van der Waals surface area (Å²) in [6, 6.07) is 3.39. The number of unbranched alkanes of at least 4 members (excludes halogenated alkanes) is 2. The van der Waals surface area contributed by atoms with Gasteiger partial charge in [0.1, 0.15) is 5.75 Å². The van der Waals surface area contributed by atoms with Crippen molar-refractivity contribution in [3.8, 4) is 5.75 Å². The Kier molecular flexibility index (Phi) is 7.73. The highest BCUT2D eigenvalue weighted by molar-refractivity contribution is 6.42. The number of carboxylic acid groups (broad SMARTS) is 1. The SMILES string of the molecule is O=C(O)CCCCCOc1ccc(Cl)c(Cl)c1CCO. The van der Waals surface area contributed by atoms with Gasteiger partial charge in [0.2, 0.25) is 0 Å². The summed E-state index contributed by atoms with van der Waals surface area (Å²) in [7, 11) is 0. The Morgan fingerprint density at radius 2 is 1.95 bits per heavy atom. The van der Waals surface area contributed by atoms with Gasteiger partial charge in [-0.2, -0.15) is 0 Å². The largest absolute Gasteiger partial charge is 0.493 e. The van der Waals surface area contributed by atoms with E-state index in [0.29, 0.717) is 40.8 Å². The Labute approximate surface area is 128 Å². The van der Waals surface area contributed by atoms with Crippen molar-refractivity contribution < 1.29 is 19.7 Å². The van der Waals surface area contributed by atoms with Crippen LogP contribution in [-0.2, 0) is 11.2 Å². The zero-order valence-electron chi connectivity index (χ0n) is 11.1. The van der Waals surface area contributed by atoms with E-state index in [2.05, 4.69) is 0 Å². The van der Waals surface area contributed by atoms with Crippen LogP contribution in [0.5, 0.6) is 5.75 Å². The Morgan fingerprint density at radius 1 is 1.20 bits per heavy atom. The molecule has 0 saturated heterocycles. The number of hydrogen-bond acceptors (Lipinski definition) is 3. The number of carbonyl (C=O) groups is 1. The number of halogens is 2. The quantitative estimate of drug-likeness (QED) is 0.683. The van der Waals surface area contributed by atoms with Crippen LogP contribution in [0.25, 0.3) is 0 Å². The molecular formula is C14H18Cl2O4. The maximum atomic E-state index is 10.4. The van der Waals surface area contributed by atoms with Crippen LogP contribution in [0.3, 0.4) is 0 Å². The van der Waals surface area contributed by atoms with Gasteiger partial charge in [0.15, 0.2) is 0 Å². The van der Waals surface area contributed by atoms with E-state index in [1.807, 2.05) is 0 Å². The third kappa shape index (κ3) is 5.57. The Bertz CT molecular complexity index is 449. The van der Waals surface area contributed by atoms with Gasteiger partial charge < -0.3 is 14.9 Å². The summed E-state index contributed by atoms with van der Waals surface area (Å²) in [6.07, 6.45) is 2.77. The molecule has 0 spiro atoms. The second-order valence-electron chi connectivity index (χ2n) is 4.36. The zero-order valence-corrected chi connectivity index (χ0v) is 12.6. The fraction of sp³-hybridized carbons (Fsp3) is 0.500. The first-order chi connectivity index (χ1) is 9.56. The lowest BCUT2D eigenvalue weighted by atomic mass is 10.1. The normalized spacial score (nSPS) is 10.6. The molecule has 6 heteroatoms. The van der Waals surface area contributed by atoms with Crippen molar-refractivity contribution in [3.05, 3.63) is 27.7 Å². The molecule has 0 unspecified atom stereocenters. The molecule has 112 valence electrons. The summed E-state index contributed by atoms with van der Waals surface area (Å²) in [5.74, 6) is -0.160. The van der Waals surface area contributed by atoms with E-state index in [4.69, 9.17) is 38.2 Å². The highest BCUT2D eigenvalue weighted by atomic mass is 35.5. The maximum absolute atomic E-state index is 10.4. The van der Waals surface area contributed by atoms with Crippen molar-refractivity contribution in [1.82, 2.24) is 0 Å². The third-order valence-corrected chi connectivity index (χ3v) is 3.65. The number of rotatable bonds is 9. The standard InChI is InChI=1S/C14H18Cl2O4/c15-11-5-6-12(10(7-8-17)14(11)16)20-9-3-1-2-4-13(18)19/h5-6,17H,1-4,7-9H2,(H,18,19). The molecule has 2 N–H and O–H groups in total. The van der Waals surface area contributed by atoms with Crippen molar-refractivity contribution in [2.45, 2.75) is 32.1 Å². The summed E-state index contributed by atoms with van der Waals surface area (Å²) < 4.78 is 5.63. The van der Waals surface area contributed by atoms with Crippen LogP contribution in [0.15, 0.2) is 12.1 Å². The lowest BCUT2D eigenvalue weighted by Gasteiger charge is -2.13. The first-order valence-corrected chi connectivity index (χ1v) is 7.24. The van der Waals surface area contributed by atoms with Gasteiger partial charge in [0.25, 0.3) is 0 Å². The predicted octanol–water partition coefficient (Wildman–Crippen LogP) is 3.55. The van der Waals surface area contributed by atoms with Gasteiger partial charge in [-0.15, -0.1) is 0 Å². The second kappa shape index (κ2) is 9.06. The summed E-state index contributed by atoms with van der Waals surface area (Å²) in [5, 5.41) is 18.4. The molecule has 1 rings (SSSR count). The third-order valence-electron chi connectivity index (χ3n) is 2.81. The summed E-state index contributed by atoms with van der Waals surface area (Å²) in [4.78, 5) is 10.4. The van der Waals surface area contributed by atoms with Crippen molar-refractivity contribution in [2.24, 2.45) is 0 Å². The number of aliphatic hydroxyl groups is 1. The number of benzene rings is 1. The molecule has 0 saturated carbocycles. The lowest BCUT2D eigenvalue weighted by Crippen LogP contribution is -2.03. The fourth-order valence-electron chi connectivity index (χ4n) is 1.79. The molecule has 4 nitrogen and oxygen atoms in total. The second-order valence-corrected chi connectivity index (χ2v) is 5.15. The van der Waals surface area contributed by atoms with E-state index >= 15 is 0 Å². The van der Waals surface area contributed by atoms with Crippen LogP contribution < -0.4 is 4.74 Å². The van der Waals surface area contributed by atoms with Crippen LogP contribution in [0.2, 0.25) is 10.0 Å². The first-order valence-electron chi connectivity index (χ1n) is 6.48. The van der Waals surface area contributed by atoms with E-state index in [9.17, 15) is 4.79 Å². The molecule has 0 atom stereocenters. The molecule has 0 aromatic heterocycles. The van der Waals surface area contributed by atoms with Gasteiger partial charge in [-0.3, -0.25) is 4.79 Å². The molecule has 20 heavy (non-hydrogen) atoms. The minimum Gasteiger partial charge on any atom is -0.493 e. The van der Waals surface area contributed by atoms with E-state index in [-0.39, 0.29) is 13.0 Å². The molecule has 0 aliphatic carbocycles. The molecule has 1 aromatic carbocycles. The number of aliphatic hydroxyl groups excluding tert-OH is 1. The summed E-state index contributed by atoms with van der Waals surface area (Å²) in [5.41, 5.74) is 0.701. The minimum atomic E-state index is -0.777. The Hall–Kier alpha value is -0.970. The van der Waals surface area contributed by atoms with Crippen molar-refractivity contribution >= 4 is 29.2 Å². The number of ether oxygens (including phenoxy) is 1. The maximum Gasteiger partial charge on any atom is 0.303 e. The number of carboxylic acids is 1. The monoisotopic (exact) mass is 320 g/mol. The summed E-state index contributed by atoms with van der Waals surface area (Å²) in [6.45, 7) is 0.449. The number of aliphatic carboxylic acids is 1. The first kappa shape index (κ1) is 17.1. The van der Waals surface area contributed by atoms with Gasteiger partial charge in [0, 0.05) is 25.0 Å². The smallest absolute Gasteiger partial charge is 0.303 e. The van der Waals surface area contributed by atoms with Gasteiger partial charge in [0.05, 0.1) is 16.7 Å². The highest BCUT2D eigenvalue weighted by Gasteiger charge is 2.11. The van der Waals surface area contributed by atoms with Gasteiger partial charge in [-0.25, -0.2) is 0 Å². The molecule has 1 aromatic rings. The minimum absolute atomic E-state index is 0.0327. The molecular weight excluding hydrogens is 303 g/mol. The lowest BCUT2D eigenvalue weighted by molar-refractivity contribution is -0.137. The van der Waals surface area contributed by atoms with Crippen LogP contribution in [0.4, 0.5) is 0 Å². The Morgan fingerprint density at radius 3 is 2.60 bits per heavy atom. The van der Waals surface area contributed by atoms with E-state index < -0.39 is 5.97 Å². The predicted molar refractivity (Wildman–Crippen MR) is 78.9 cm³/mol. The number of hydrogen-bond donors (Lipinski definition) is 2. The van der Waals surface area contributed by atoms with E-state index in [1.165, 1.54) is 0 Å². The van der Waals surface area contributed by atoms with Crippen LogP contribution in [0.1, 0.15) is 31.2 Å². The molecule has 0 bridgehead atoms. The zero-order chi connectivity index (χ0) is 15.0. The van der Waals surface area contributed by atoms with E-state index in [1.54, 1.807) is 12.1 Å². The van der Waals surface area contributed by atoms with Crippen molar-refractivity contribution in [3.63, 3.8) is 0 Å². The highest BCUT2D eigenvalue weighted by Crippen LogP contribution is 2.33.